The molecule has 3 aromatic carbocycles. The topological polar surface area (TPSA) is 55.4 Å². The van der Waals surface area contributed by atoms with Crippen LogP contribution in [0.1, 0.15) is 35.6 Å². The van der Waals surface area contributed by atoms with Gasteiger partial charge in [0, 0.05) is 16.7 Å². The highest BCUT2D eigenvalue weighted by Gasteiger charge is 2.50. The molecule has 6 heteroatoms. The first-order valence-corrected chi connectivity index (χ1v) is 11.3. The Kier molecular flexibility index (Phi) is 5.94. The quantitative estimate of drug-likeness (QED) is 0.579. The molecule has 0 aliphatic carbocycles. The lowest BCUT2D eigenvalue weighted by atomic mass is 9.99. The van der Waals surface area contributed by atoms with E-state index in [4.69, 9.17) is 28.4 Å². The standard InChI is InChI=1S/C27H26O6/c1-4-10-18(11-5-1)25-28-16-21(30-25)24-23-22(31-27(33-24)20-14-8-3-9-15-20)17-29-26(32-23)19-12-6-2-7-13-19/h1-15,21-27H,16-17H2/t21-,22-,23+,24-,25+,26+,27+/m1/s1. The zero-order valence-corrected chi connectivity index (χ0v) is 18.1. The molecule has 6 rings (SSSR count). The predicted molar refractivity (Wildman–Crippen MR) is 119 cm³/mol. The van der Waals surface area contributed by atoms with Gasteiger partial charge in [-0.15, -0.1) is 0 Å². The first-order valence-electron chi connectivity index (χ1n) is 11.3. The normalized spacial score (nSPS) is 34.0. The van der Waals surface area contributed by atoms with E-state index >= 15 is 0 Å². The molecule has 0 unspecified atom stereocenters. The highest BCUT2D eigenvalue weighted by Crippen LogP contribution is 2.41. The summed E-state index contributed by atoms with van der Waals surface area (Å²) in [7, 11) is 0. The van der Waals surface area contributed by atoms with Gasteiger partial charge in [0.25, 0.3) is 0 Å². The van der Waals surface area contributed by atoms with Crippen molar-refractivity contribution in [2.24, 2.45) is 0 Å². The molecule has 3 heterocycles. The molecule has 0 N–H and O–H groups in total. The number of rotatable bonds is 4. The van der Waals surface area contributed by atoms with Gasteiger partial charge in [-0.25, -0.2) is 0 Å². The molecule has 3 aliphatic rings. The van der Waals surface area contributed by atoms with E-state index in [1.54, 1.807) is 0 Å². The second kappa shape index (κ2) is 9.35. The van der Waals surface area contributed by atoms with E-state index in [1.165, 1.54) is 0 Å². The lowest BCUT2D eigenvalue weighted by molar-refractivity contribution is -0.373. The molecule has 0 bridgehead atoms. The van der Waals surface area contributed by atoms with Crippen LogP contribution in [0.5, 0.6) is 0 Å². The van der Waals surface area contributed by atoms with Crippen molar-refractivity contribution in [3.05, 3.63) is 108 Å². The smallest absolute Gasteiger partial charge is 0.184 e. The van der Waals surface area contributed by atoms with Crippen molar-refractivity contribution in [2.45, 2.75) is 43.3 Å². The number of benzene rings is 3. The number of ether oxygens (including phenoxy) is 6. The van der Waals surface area contributed by atoms with Crippen LogP contribution in [0.3, 0.4) is 0 Å². The zero-order chi connectivity index (χ0) is 22.0. The Balaban J connectivity index is 1.26. The molecule has 33 heavy (non-hydrogen) atoms. The molecule has 3 aromatic rings. The summed E-state index contributed by atoms with van der Waals surface area (Å²) < 4.78 is 37.6. The second-order valence-electron chi connectivity index (χ2n) is 8.44. The molecule has 7 atom stereocenters. The van der Waals surface area contributed by atoms with Crippen molar-refractivity contribution < 1.29 is 28.4 Å². The van der Waals surface area contributed by atoms with Crippen molar-refractivity contribution in [1.82, 2.24) is 0 Å². The van der Waals surface area contributed by atoms with Gasteiger partial charge >= 0.3 is 0 Å². The first-order chi connectivity index (χ1) is 16.3. The number of hydrogen-bond donors (Lipinski definition) is 0. The molecular weight excluding hydrogens is 420 g/mol. The van der Waals surface area contributed by atoms with Crippen molar-refractivity contribution >= 4 is 0 Å². The summed E-state index contributed by atoms with van der Waals surface area (Å²) >= 11 is 0. The maximum absolute atomic E-state index is 6.49. The van der Waals surface area contributed by atoms with Crippen LogP contribution < -0.4 is 0 Å². The van der Waals surface area contributed by atoms with E-state index in [-0.39, 0.29) is 24.4 Å². The summed E-state index contributed by atoms with van der Waals surface area (Å²) in [5.74, 6) is 0. The molecule has 0 aromatic heterocycles. The van der Waals surface area contributed by atoms with Gasteiger partial charge in [0.15, 0.2) is 18.9 Å². The van der Waals surface area contributed by atoms with Crippen LogP contribution in [0.4, 0.5) is 0 Å². The Labute approximate surface area is 192 Å². The largest absolute Gasteiger partial charge is 0.346 e. The molecule has 6 nitrogen and oxygen atoms in total. The van der Waals surface area contributed by atoms with E-state index in [9.17, 15) is 0 Å². The molecule has 0 amide bonds. The van der Waals surface area contributed by atoms with Crippen LogP contribution in [0.2, 0.25) is 0 Å². The second-order valence-corrected chi connectivity index (χ2v) is 8.44. The molecule has 0 spiro atoms. The fraction of sp³-hybridized carbons (Fsp3) is 0.333. The zero-order valence-electron chi connectivity index (χ0n) is 18.1. The van der Waals surface area contributed by atoms with Gasteiger partial charge in [-0.2, -0.15) is 0 Å². The molecular formula is C27H26O6. The monoisotopic (exact) mass is 446 g/mol. The third kappa shape index (κ3) is 4.34. The Bertz CT molecular complexity index is 1030. The molecule has 3 fully saturated rings. The first kappa shape index (κ1) is 21.0. The van der Waals surface area contributed by atoms with Crippen LogP contribution in [-0.4, -0.2) is 37.6 Å². The van der Waals surface area contributed by atoms with Gasteiger partial charge in [0.05, 0.1) is 13.2 Å². The van der Waals surface area contributed by atoms with Crippen molar-refractivity contribution in [3.63, 3.8) is 0 Å². The highest BCUT2D eigenvalue weighted by molar-refractivity contribution is 5.19. The van der Waals surface area contributed by atoms with Crippen LogP contribution in [-0.2, 0) is 28.4 Å². The highest BCUT2D eigenvalue weighted by atomic mass is 16.8. The van der Waals surface area contributed by atoms with Crippen molar-refractivity contribution in [1.29, 1.82) is 0 Å². The molecule has 0 saturated carbocycles. The van der Waals surface area contributed by atoms with E-state index < -0.39 is 18.9 Å². The van der Waals surface area contributed by atoms with Crippen LogP contribution in [0.15, 0.2) is 91.0 Å². The summed E-state index contributed by atoms with van der Waals surface area (Å²) in [5.41, 5.74) is 2.90. The van der Waals surface area contributed by atoms with Crippen LogP contribution >= 0.6 is 0 Å². The van der Waals surface area contributed by atoms with Gasteiger partial charge < -0.3 is 28.4 Å². The molecule has 170 valence electrons. The van der Waals surface area contributed by atoms with E-state index in [2.05, 4.69) is 0 Å². The Hall–Kier alpha value is -2.58. The molecule has 3 aliphatic heterocycles. The Morgan fingerprint density at radius 2 is 0.788 bits per heavy atom. The van der Waals surface area contributed by atoms with Gasteiger partial charge in [0.2, 0.25) is 0 Å². The minimum absolute atomic E-state index is 0.284. The third-order valence-corrected chi connectivity index (χ3v) is 6.25. The molecule has 3 saturated heterocycles. The maximum Gasteiger partial charge on any atom is 0.184 e. The van der Waals surface area contributed by atoms with Gasteiger partial charge in [-0.05, 0) is 0 Å². The third-order valence-electron chi connectivity index (χ3n) is 6.25. The average Bonchev–Trinajstić information content (AvgIpc) is 3.39. The lowest BCUT2D eigenvalue weighted by Gasteiger charge is -2.47. The SMILES string of the molecule is c1ccc([C@@H]2O[C@H]([C@H]3CO[C@H](c4ccccc4)O3)[C@H]3O[C@@H](c4ccccc4)OC[C@H]3O2)cc1. The minimum atomic E-state index is -0.530. The van der Waals surface area contributed by atoms with Crippen LogP contribution in [0.25, 0.3) is 0 Å². The van der Waals surface area contributed by atoms with Crippen LogP contribution in [0, 0.1) is 0 Å². The van der Waals surface area contributed by atoms with E-state index in [1.807, 2.05) is 91.0 Å². The fourth-order valence-corrected chi connectivity index (χ4v) is 4.59. The van der Waals surface area contributed by atoms with Gasteiger partial charge in [0.1, 0.15) is 24.4 Å². The van der Waals surface area contributed by atoms with E-state index in [0.29, 0.717) is 13.2 Å². The summed E-state index contributed by atoms with van der Waals surface area (Å²) in [6.07, 6.45) is -2.76. The Morgan fingerprint density at radius 1 is 0.424 bits per heavy atom. The number of hydrogen-bond acceptors (Lipinski definition) is 6. The predicted octanol–water partition coefficient (Wildman–Crippen LogP) is 4.70. The average molecular weight is 446 g/mol. The fourth-order valence-electron chi connectivity index (χ4n) is 4.59. The van der Waals surface area contributed by atoms with Crippen molar-refractivity contribution in [3.8, 4) is 0 Å². The molecule has 0 radical (unpaired) electrons. The number of fused-ring (bicyclic) bond motifs is 1. The minimum Gasteiger partial charge on any atom is -0.346 e. The Morgan fingerprint density at radius 3 is 1.27 bits per heavy atom. The summed E-state index contributed by atoms with van der Waals surface area (Å²) in [6, 6.07) is 29.8. The van der Waals surface area contributed by atoms with Gasteiger partial charge in [-0.1, -0.05) is 91.0 Å². The maximum atomic E-state index is 6.49. The summed E-state index contributed by atoms with van der Waals surface area (Å²) in [5, 5.41) is 0. The van der Waals surface area contributed by atoms with Gasteiger partial charge in [-0.3, -0.25) is 0 Å². The van der Waals surface area contributed by atoms with Crippen molar-refractivity contribution in [2.75, 3.05) is 13.2 Å². The lowest BCUT2D eigenvalue weighted by Crippen LogP contribution is -2.58. The summed E-state index contributed by atoms with van der Waals surface area (Å²) in [4.78, 5) is 0. The van der Waals surface area contributed by atoms with E-state index in [0.717, 1.165) is 16.7 Å². The summed E-state index contributed by atoms with van der Waals surface area (Å²) in [6.45, 7) is 0.818.